The van der Waals surface area contributed by atoms with E-state index in [1.54, 1.807) is 18.2 Å². The first-order valence-corrected chi connectivity index (χ1v) is 14.1. The van der Waals surface area contributed by atoms with E-state index in [9.17, 15) is 14.7 Å². The van der Waals surface area contributed by atoms with Crippen LogP contribution < -0.4 is 5.32 Å². The van der Waals surface area contributed by atoms with Crippen molar-refractivity contribution >= 4 is 27.7 Å². The maximum atomic E-state index is 13.4. The maximum Gasteiger partial charge on any atom is 0.251 e. The second kappa shape index (κ2) is 11.7. The number of carbonyl (C=O) groups excluding carboxylic acids is 2. The quantitative estimate of drug-likeness (QED) is 0.370. The van der Waals surface area contributed by atoms with Gasteiger partial charge >= 0.3 is 0 Å². The van der Waals surface area contributed by atoms with Crippen LogP contribution in [0.15, 0.2) is 83.3 Å². The monoisotopic (exact) mass is 575 g/mol. The second-order valence-electron chi connectivity index (χ2n) is 10.5. The van der Waals surface area contributed by atoms with Crippen molar-refractivity contribution in [2.24, 2.45) is 5.41 Å². The maximum absolute atomic E-state index is 13.4. The predicted molar refractivity (Wildman–Crippen MR) is 152 cm³/mol. The predicted octanol–water partition coefficient (Wildman–Crippen LogP) is 5.53. The molecular weight excluding hydrogens is 542 g/mol. The number of hydrogen-bond acceptors (Lipinski definition) is 4. The van der Waals surface area contributed by atoms with Crippen molar-refractivity contribution in [3.63, 3.8) is 0 Å². The van der Waals surface area contributed by atoms with Crippen LogP contribution in [0.5, 0.6) is 5.75 Å². The highest BCUT2D eigenvalue weighted by atomic mass is 79.9. The van der Waals surface area contributed by atoms with Crippen molar-refractivity contribution in [3.05, 3.63) is 100 Å². The van der Waals surface area contributed by atoms with Crippen molar-refractivity contribution in [1.82, 2.24) is 15.1 Å². The summed E-state index contributed by atoms with van der Waals surface area (Å²) in [6.45, 7) is 4.12. The summed E-state index contributed by atoms with van der Waals surface area (Å²) in [5, 5.41) is 12.9. The molecule has 2 aliphatic heterocycles. The Balaban J connectivity index is 1.17. The molecule has 38 heavy (non-hydrogen) atoms. The number of hydrogen-bond donors (Lipinski definition) is 2. The third-order valence-corrected chi connectivity index (χ3v) is 8.58. The van der Waals surface area contributed by atoms with Gasteiger partial charge in [-0.05, 0) is 80.2 Å². The number of aromatic hydroxyl groups is 1. The summed E-state index contributed by atoms with van der Waals surface area (Å²) in [5.41, 5.74) is 2.44. The second-order valence-corrected chi connectivity index (χ2v) is 11.4. The minimum Gasteiger partial charge on any atom is -0.508 e. The molecule has 2 amide bonds. The zero-order valence-corrected chi connectivity index (χ0v) is 23.1. The van der Waals surface area contributed by atoms with E-state index in [0.717, 1.165) is 67.5 Å². The molecular formula is C31H34BrN3O3. The molecule has 0 radical (unpaired) electrons. The van der Waals surface area contributed by atoms with Gasteiger partial charge in [-0.2, -0.15) is 0 Å². The lowest BCUT2D eigenvalue weighted by Crippen LogP contribution is -2.45. The normalized spacial score (nSPS) is 18.0. The Labute approximate surface area is 232 Å². The highest BCUT2D eigenvalue weighted by Gasteiger charge is 2.47. The van der Waals surface area contributed by atoms with Crippen LogP contribution in [0, 0.1) is 5.41 Å². The molecule has 2 fully saturated rings. The number of carbonyl (C=O) groups is 2. The Bertz CT molecular complexity index is 1260. The zero-order chi connectivity index (χ0) is 26.5. The van der Waals surface area contributed by atoms with E-state index < -0.39 is 0 Å². The molecule has 198 valence electrons. The SMILES string of the molecule is O=C(NC(CCN1CCC2(CC1)CCN(Cc1ccc(Br)cc1)C2=O)c1ccccc1)c1cccc(O)c1. The number of likely N-dealkylation sites (tertiary alicyclic amines) is 2. The summed E-state index contributed by atoms with van der Waals surface area (Å²) in [7, 11) is 0. The van der Waals surface area contributed by atoms with Gasteiger partial charge in [0.15, 0.2) is 0 Å². The summed E-state index contributed by atoms with van der Waals surface area (Å²) >= 11 is 3.48. The van der Waals surface area contributed by atoms with Crippen LogP contribution in [0.1, 0.15) is 53.2 Å². The molecule has 3 aromatic carbocycles. The fraction of sp³-hybridized carbons (Fsp3) is 0.355. The van der Waals surface area contributed by atoms with Gasteiger partial charge in [0.05, 0.1) is 11.5 Å². The molecule has 1 spiro atoms. The molecule has 3 aromatic rings. The number of nitrogens with one attached hydrogen (secondary N) is 1. The summed E-state index contributed by atoms with van der Waals surface area (Å²) in [6, 6.07) is 24.5. The van der Waals surface area contributed by atoms with Crippen molar-refractivity contribution in [3.8, 4) is 5.75 Å². The Hall–Kier alpha value is -3.16. The van der Waals surface area contributed by atoms with Gasteiger partial charge in [-0.3, -0.25) is 9.59 Å². The van der Waals surface area contributed by atoms with Crippen LogP contribution in [0.25, 0.3) is 0 Å². The standard InChI is InChI=1S/C31H34BrN3O3/c32-26-11-9-23(10-12-26)22-35-20-16-31(30(35)38)14-18-34(19-15-31)17-13-28(24-5-2-1-3-6-24)33-29(37)25-7-4-8-27(36)21-25/h1-12,21,28,36H,13-20,22H2,(H,33,37). The fourth-order valence-electron chi connectivity index (χ4n) is 5.73. The van der Waals surface area contributed by atoms with Crippen molar-refractivity contribution < 1.29 is 14.7 Å². The van der Waals surface area contributed by atoms with Crippen LogP contribution in [0.3, 0.4) is 0 Å². The van der Waals surface area contributed by atoms with Gasteiger partial charge in [0.2, 0.25) is 5.91 Å². The van der Waals surface area contributed by atoms with Gasteiger partial charge in [0.25, 0.3) is 5.91 Å². The van der Waals surface area contributed by atoms with E-state index in [-0.39, 0.29) is 23.1 Å². The number of amides is 2. The van der Waals surface area contributed by atoms with Crippen molar-refractivity contribution in [2.75, 3.05) is 26.2 Å². The van der Waals surface area contributed by atoms with Gasteiger partial charge in [0.1, 0.15) is 5.75 Å². The number of nitrogens with zero attached hydrogens (tertiary/aromatic N) is 2. The molecule has 2 heterocycles. The van der Waals surface area contributed by atoms with Gasteiger partial charge in [0, 0.05) is 29.7 Å². The van der Waals surface area contributed by atoms with Gasteiger partial charge in [-0.25, -0.2) is 0 Å². The summed E-state index contributed by atoms with van der Waals surface area (Å²) < 4.78 is 1.05. The molecule has 0 saturated carbocycles. The van der Waals surface area contributed by atoms with Crippen molar-refractivity contribution in [1.29, 1.82) is 0 Å². The Morgan fingerprint density at radius 3 is 2.37 bits per heavy atom. The number of phenolic OH excluding ortho intramolecular Hbond substituents is 1. The van der Waals surface area contributed by atoms with E-state index >= 15 is 0 Å². The first-order chi connectivity index (χ1) is 18.4. The first kappa shape index (κ1) is 26.4. The average molecular weight is 577 g/mol. The van der Waals surface area contributed by atoms with Crippen molar-refractivity contribution in [2.45, 2.75) is 38.3 Å². The van der Waals surface area contributed by atoms with E-state index in [4.69, 9.17) is 0 Å². The van der Waals surface area contributed by atoms with Gasteiger partial charge in [-0.1, -0.05) is 64.5 Å². The Kier molecular flexibility index (Phi) is 8.15. The van der Waals surface area contributed by atoms with E-state index in [2.05, 4.69) is 38.3 Å². The lowest BCUT2D eigenvalue weighted by molar-refractivity contribution is -0.138. The average Bonchev–Trinajstić information content (AvgIpc) is 3.23. The van der Waals surface area contributed by atoms with Crippen LogP contribution in [-0.4, -0.2) is 52.9 Å². The van der Waals surface area contributed by atoms with Gasteiger partial charge < -0.3 is 20.2 Å². The lowest BCUT2D eigenvalue weighted by Gasteiger charge is -2.38. The third kappa shape index (κ3) is 6.11. The van der Waals surface area contributed by atoms with E-state index in [1.165, 1.54) is 6.07 Å². The third-order valence-electron chi connectivity index (χ3n) is 8.05. The van der Waals surface area contributed by atoms with Crippen LogP contribution in [0.2, 0.25) is 0 Å². The highest BCUT2D eigenvalue weighted by Crippen LogP contribution is 2.42. The molecule has 2 N–H and O–H groups in total. The number of phenols is 1. The molecule has 0 aliphatic carbocycles. The Morgan fingerprint density at radius 2 is 1.66 bits per heavy atom. The molecule has 1 unspecified atom stereocenters. The van der Waals surface area contributed by atoms with Crippen LogP contribution in [0.4, 0.5) is 0 Å². The fourth-order valence-corrected chi connectivity index (χ4v) is 5.99. The van der Waals surface area contributed by atoms with Crippen LogP contribution >= 0.6 is 15.9 Å². The minimum atomic E-state index is -0.228. The molecule has 2 saturated heterocycles. The zero-order valence-electron chi connectivity index (χ0n) is 21.5. The molecule has 2 aliphatic rings. The first-order valence-electron chi connectivity index (χ1n) is 13.3. The minimum absolute atomic E-state index is 0.0769. The topological polar surface area (TPSA) is 72.9 Å². The largest absolute Gasteiger partial charge is 0.508 e. The molecule has 7 heteroatoms. The Morgan fingerprint density at radius 1 is 0.947 bits per heavy atom. The lowest BCUT2D eigenvalue weighted by atomic mass is 9.77. The van der Waals surface area contributed by atoms with Gasteiger partial charge in [-0.15, -0.1) is 0 Å². The summed E-state index contributed by atoms with van der Waals surface area (Å²) in [6.07, 6.45) is 3.47. The van der Waals surface area contributed by atoms with Crippen LogP contribution in [-0.2, 0) is 11.3 Å². The molecule has 0 bridgehead atoms. The van der Waals surface area contributed by atoms with E-state index in [1.807, 2.05) is 47.4 Å². The molecule has 6 nitrogen and oxygen atoms in total. The summed E-state index contributed by atoms with van der Waals surface area (Å²) in [5.74, 6) is 0.184. The molecule has 5 rings (SSSR count). The number of piperidine rings is 1. The summed E-state index contributed by atoms with van der Waals surface area (Å²) in [4.78, 5) is 30.8. The number of rotatable bonds is 8. The van der Waals surface area contributed by atoms with E-state index in [0.29, 0.717) is 18.0 Å². The molecule has 0 aromatic heterocycles. The smallest absolute Gasteiger partial charge is 0.251 e. The highest BCUT2D eigenvalue weighted by molar-refractivity contribution is 9.10. The number of benzene rings is 3. The molecule has 1 atom stereocenters. The number of halogens is 1.